The van der Waals surface area contributed by atoms with Crippen molar-refractivity contribution in [3.8, 4) is 0 Å². The zero-order chi connectivity index (χ0) is 13.3. The lowest BCUT2D eigenvalue weighted by Crippen LogP contribution is -2.60. The molecule has 2 rings (SSSR count). The van der Waals surface area contributed by atoms with E-state index in [0.29, 0.717) is 10.8 Å². The molecule has 18 heavy (non-hydrogen) atoms. The van der Waals surface area contributed by atoms with Gasteiger partial charge < -0.3 is 5.32 Å². The summed E-state index contributed by atoms with van der Waals surface area (Å²) in [5.74, 6) is 1.49. The number of thioether (sulfide) groups is 1. The Hall–Kier alpha value is 0.270. The van der Waals surface area contributed by atoms with E-state index in [1.54, 1.807) is 0 Å². The van der Waals surface area contributed by atoms with Gasteiger partial charge in [-0.1, -0.05) is 27.7 Å². The van der Waals surface area contributed by atoms with Crippen molar-refractivity contribution in [2.75, 3.05) is 25.9 Å². The average Bonchev–Trinajstić information content (AvgIpc) is 3.09. The van der Waals surface area contributed by atoms with Crippen molar-refractivity contribution >= 4 is 11.8 Å². The Bertz CT molecular complexity index is 274. The monoisotopic (exact) mass is 270 g/mol. The van der Waals surface area contributed by atoms with Crippen molar-refractivity contribution in [2.45, 2.75) is 57.4 Å². The average molecular weight is 270 g/mol. The van der Waals surface area contributed by atoms with Crippen LogP contribution in [-0.4, -0.2) is 47.6 Å². The SMILES string of the molecule is CSC1(CN2CC(C(C)C)NCC2C(C)C)CC1. The molecule has 2 unspecified atom stereocenters. The lowest BCUT2D eigenvalue weighted by atomic mass is 9.94. The van der Waals surface area contributed by atoms with Gasteiger partial charge in [-0.25, -0.2) is 0 Å². The molecule has 0 amide bonds. The Morgan fingerprint density at radius 3 is 2.33 bits per heavy atom. The fourth-order valence-corrected chi connectivity index (χ4v) is 3.88. The highest BCUT2D eigenvalue weighted by atomic mass is 32.2. The van der Waals surface area contributed by atoms with E-state index >= 15 is 0 Å². The molecule has 1 saturated heterocycles. The van der Waals surface area contributed by atoms with Crippen LogP contribution in [0.1, 0.15) is 40.5 Å². The molecule has 2 aliphatic rings. The fourth-order valence-electron chi connectivity index (χ4n) is 3.08. The van der Waals surface area contributed by atoms with Crippen LogP contribution in [0.4, 0.5) is 0 Å². The lowest BCUT2D eigenvalue weighted by Gasteiger charge is -2.45. The molecule has 1 N–H and O–H groups in total. The van der Waals surface area contributed by atoms with Crippen molar-refractivity contribution in [3.63, 3.8) is 0 Å². The molecular weight excluding hydrogens is 240 g/mol. The van der Waals surface area contributed by atoms with Gasteiger partial charge in [0.25, 0.3) is 0 Å². The van der Waals surface area contributed by atoms with E-state index < -0.39 is 0 Å². The minimum Gasteiger partial charge on any atom is -0.311 e. The Kier molecular flexibility index (Phi) is 4.66. The van der Waals surface area contributed by atoms with E-state index in [2.05, 4.69) is 55.9 Å². The third-order valence-electron chi connectivity index (χ3n) is 4.80. The van der Waals surface area contributed by atoms with Gasteiger partial charge in [0.1, 0.15) is 0 Å². The first-order valence-electron chi connectivity index (χ1n) is 7.50. The van der Waals surface area contributed by atoms with Crippen LogP contribution < -0.4 is 5.32 Å². The Morgan fingerprint density at radius 2 is 1.89 bits per heavy atom. The summed E-state index contributed by atoms with van der Waals surface area (Å²) in [4.78, 5) is 2.79. The van der Waals surface area contributed by atoms with E-state index in [-0.39, 0.29) is 0 Å². The zero-order valence-corrected chi connectivity index (χ0v) is 13.5. The number of nitrogens with one attached hydrogen (secondary N) is 1. The van der Waals surface area contributed by atoms with Crippen molar-refractivity contribution in [2.24, 2.45) is 11.8 Å². The van der Waals surface area contributed by atoms with Crippen LogP contribution in [0.3, 0.4) is 0 Å². The van der Waals surface area contributed by atoms with Crippen molar-refractivity contribution in [1.29, 1.82) is 0 Å². The molecule has 106 valence electrons. The predicted octanol–water partition coefficient (Wildman–Crippen LogP) is 2.84. The lowest BCUT2D eigenvalue weighted by molar-refractivity contribution is 0.0840. The summed E-state index contributed by atoms with van der Waals surface area (Å²) in [5.41, 5.74) is 0. The van der Waals surface area contributed by atoms with Gasteiger partial charge in [-0.15, -0.1) is 0 Å². The Labute approximate surface area is 117 Å². The van der Waals surface area contributed by atoms with E-state index in [1.165, 1.54) is 32.5 Å². The summed E-state index contributed by atoms with van der Waals surface area (Å²) in [7, 11) is 0. The third-order valence-corrected chi connectivity index (χ3v) is 6.20. The van der Waals surface area contributed by atoms with E-state index in [9.17, 15) is 0 Å². The van der Waals surface area contributed by atoms with Crippen LogP contribution in [0.5, 0.6) is 0 Å². The Balaban J connectivity index is 2.00. The molecule has 2 atom stereocenters. The topological polar surface area (TPSA) is 15.3 Å². The standard InChI is InChI=1S/C15H30N2S/c1-11(2)13-9-17(10-15(18-5)6-7-15)14(8-16-13)12(3)4/h11-14,16H,6-10H2,1-5H3. The van der Waals surface area contributed by atoms with Crippen LogP contribution in [0.15, 0.2) is 0 Å². The molecule has 0 radical (unpaired) electrons. The molecule has 1 aliphatic heterocycles. The van der Waals surface area contributed by atoms with Gasteiger partial charge in [0.2, 0.25) is 0 Å². The summed E-state index contributed by atoms with van der Waals surface area (Å²) in [6, 6.07) is 1.40. The second-order valence-corrected chi connectivity index (χ2v) is 8.16. The molecule has 0 bridgehead atoms. The summed E-state index contributed by atoms with van der Waals surface area (Å²) in [6.07, 6.45) is 5.14. The molecule has 0 aromatic carbocycles. The summed E-state index contributed by atoms with van der Waals surface area (Å²) < 4.78 is 0.603. The first-order valence-corrected chi connectivity index (χ1v) is 8.72. The van der Waals surface area contributed by atoms with Gasteiger partial charge in [0.05, 0.1) is 0 Å². The van der Waals surface area contributed by atoms with E-state index in [1.807, 2.05) is 0 Å². The van der Waals surface area contributed by atoms with Gasteiger partial charge >= 0.3 is 0 Å². The highest BCUT2D eigenvalue weighted by Crippen LogP contribution is 2.48. The maximum Gasteiger partial charge on any atom is 0.0285 e. The molecule has 1 heterocycles. The van der Waals surface area contributed by atoms with Crippen molar-refractivity contribution < 1.29 is 0 Å². The van der Waals surface area contributed by atoms with Crippen LogP contribution >= 0.6 is 11.8 Å². The number of hydrogen-bond donors (Lipinski definition) is 1. The van der Waals surface area contributed by atoms with Crippen molar-refractivity contribution in [1.82, 2.24) is 10.2 Å². The molecule has 1 aliphatic carbocycles. The van der Waals surface area contributed by atoms with E-state index in [0.717, 1.165) is 17.9 Å². The van der Waals surface area contributed by atoms with Crippen LogP contribution in [-0.2, 0) is 0 Å². The molecular formula is C15H30N2S. The largest absolute Gasteiger partial charge is 0.311 e. The first kappa shape index (κ1) is 14.7. The van der Waals surface area contributed by atoms with Gasteiger partial charge in [-0.3, -0.25) is 4.90 Å². The quantitative estimate of drug-likeness (QED) is 0.827. The molecule has 2 nitrogen and oxygen atoms in total. The Morgan fingerprint density at radius 1 is 1.22 bits per heavy atom. The molecule has 1 saturated carbocycles. The van der Waals surface area contributed by atoms with Crippen LogP contribution in [0.25, 0.3) is 0 Å². The second kappa shape index (κ2) is 5.72. The highest BCUT2D eigenvalue weighted by Gasteiger charge is 2.45. The van der Waals surface area contributed by atoms with Crippen LogP contribution in [0, 0.1) is 11.8 Å². The number of rotatable bonds is 5. The highest BCUT2D eigenvalue weighted by molar-refractivity contribution is 8.00. The minimum absolute atomic E-state index is 0.603. The van der Waals surface area contributed by atoms with Crippen molar-refractivity contribution in [3.05, 3.63) is 0 Å². The fraction of sp³-hybridized carbons (Fsp3) is 1.00. The number of nitrogens with zero attached hydrogens (tertiary/aromatic N) is 1. The van der Waals surface area contributed by atoms with Gasteiger partial charge in [0.15, 0.2) is 0 Å². The zero-order valence-electron chi connectivity index (χ0n) is 12.7. The summed E-state index contributed by atoms with van der Waals surface area (Å²) in [6.45, 7) is 13.1. The maximum atomic E-state index is 3.76. The van der Waals surface area contributed by atoms with Gasteiger partial charge in [0, 0.05) is 36.5 Å². The van der Waals surface area contributed by atoms with Gasteiger partial charge in [-0.2, -0.15) is 11.8 Å². The molecule has 0 aromatic rings. The summed E-state index contributed by atoms with van der Waals surface area (Å²) >= 11 is 2.09. The second-order valence-electron chi connectivity index (χ2n) is 6.89. The molecule has 3 heteroatoms. The normalized spacial score (nSPS) is 32.2. The maximum absolute atomic E-state index is 3.76. The molecule has 2 fully saturated rings. The first-order chi connectivity index (χ1) is 8.47. The summed E-state index contributed by atoms with van der Waals surface area (Å²) in [5, 5.41) is 3.76. The predicted molar refractivity (Wildman–Crippen MR) is 82.3 cm³/mol. The van der Waals surface area contributed by atoms with Gasteiger partial charge in [-0.05, 0) is 30.9 Å². The molecule has 0 aromatic heterocycles. The van der Waals surface area contributed by atoms with E-state index in [4.69, 9.17) is 0 Å². The molecule has 0 spiro atoms. The third kappa shape index (κ3) is 3.23. The minimum atomic E-state index is 0.603. The number of piperazine rings is 1. The van der Waals surface area contributed by atoms with Crippen LogP contribution in [0.2, 0.25) is 0 Å². The number of hydrogen-bond acceptors (Lipinski definition) is 3. The smallest absolute Gasteiger partial charge is 0.0285 e.